The number of Topliss-reactive ketones (excluding diaryl/α,β-unsaturated/α-hetero) is 1. The Kier molecular flexibility index (Phi) is 3.39. The third kappa shape index (κ3) is 2.17. The van der Waals surface area contributed by atoms with Crippen LogP contribution in [0, 0.1) is 23.2 Å². The van der Waals surface area contributed by atoms with E-state index >= 15 is 0 Å². The number of hydrogen-bond acceptors (Lipinski definition) is 2. The maximum Gasteiger partial charge on any atom is 0.143 e. The fourth-order valence-electron chi connectivity index (χ4n) is 3.31. The summed E-state index contributed by atoms with van der Waals surface area (Å²) in [6.07, 6.45) is 4.52. The number of hydrogen-bond donors (Lipinski definition) is 1. The highest BCUT2D eigenvalue weighted by molar-refractivity contribution is 5.87. The van der Waals surface area contributed by atoms with E-state index in [0.29, 0.717) is 11.7 Å². The van der Waals surface area contributed by atoms with E-state index in [1.807, 2.05) is 0 Å². The molecule has 4 unspecified atom stereocenters. The van der Waals surface area contributed by atoms with Gasteiger partial charge in [-0.2, -0.15) is 0 Å². The largest absolute Gasteiger partial charge is 0.316 e. The van der Waals surface area contributed by atoms with E-state index in [-0.39, 0.29) is 5.41 Å². The van der Waals surface area contributed by atoms with Gasteiger partial charge in [0.2, 0.25) is 0 Å². The van der Waals surface area contributed by atoms with E-state index in [1.54, 1.807) is 0 Å². The Hall–Kier alpha value is -0.370. The van der Waals surface area contributed by atoms with Crippen molar-refractivity contribution >= 4 is 5.78 Å². The molecule has 2 fully saturated rings. The number of carbonyl (C=O) groups is 1. The first-order valence-electron chi connectivity index (χ1n) is 6.78. The second kappa shape index (κ2) is 4.48. The summed E-state index contributed by atoms with van der Waals surface area (Å²) in [5.74, 6) is 2.41. The van der Waals surface area contributed by atoms with Crippen molar-refractivity contribution in [2.75, 3.05) is 13.1 Å². The van der Waals surface area contributed by atoms with Gasteiger partial charge < -0.3 is 5.32 Å². The van der Waals surface area contributed by atoms with Crippen LogP contribution < -0.4 is 5.32 Å². The molecule has 0 aromatic carbocycles. The summed E-state index contributed by atoms with van der Waals surface area (Å²) < 4.78 is 0. The smallest absolute Gasteiger partial charge is 0.143 e. The Morgan fingerprint density at radius 1 is 1.25 bits per heavy atom. The second-order valence-corrected chi connectivity index (χ2v) is 6.32. The number of nitrogens with one attached hydrogen (secondary N) is 1. The van der Waals surface area contributed by atoms with Gasteiger partial charge >= 0.3 is 0 Å². The maximum absolute atomic E-state index is 12.5. The molecule has 2 heteroatoms. The molecule has 16 heavy (non-hydrogen) atoms. The van der Waals surface area contributed by atoms with Gasteiger partial charge in [0.15, 0.2) is 0 Å². The van der Waals surface area contributed by atoms with Gasteiger partial charge in [0, 0.05) is 17.9 Å². The zero-order valence-corrected chi connectivity index (χ0v) is 10.9. The highest BCUT2D eigenvalue weighted by atomic mass is 16.1. The summed E-state index contributed by atoms with van der Waals surface area (Å²) >= 11 is 0. The lowest BCUT2D eigenvalue weighted by Crippen LogP contribution is -2.38. The SMILES string of the molecule is CC1CCC(C(=O)C2(C)CCNC2)CC1C. The van der Waals surface area contributed by atoms with Crippen LogP contribution in [0.25, 0.3) is 0 Å². The molecule has 0 amide bonds. The van der Waals surface area contributed by atoms with Crippen molar-refractivity contribution in [3.8, 4) is 0 Å². The van der Waals surface area contributed by atoms with Crippen molar-refractivity contribution in [1.29, 1.82) is 0 Å². The molecular formula is C14H25NO. The number of rotatable bonds is 2. The van der Waals surface area contributed by atoms with Gasteiger partial charge in [-0.25, -0.2) is 0 Å². The Morgan fingerprint density at radius 3 is 2.56 bits per heavy atom. The quantitative estimate of drug-likeness (QED) is 0.779. The minimum absolute atomic E-state index is 0.0645. The monoisotopic (exact) mass is 223 g/mol. The van der Waals surface area contributed by atoms with Crippen molar-refractivity contribution in [1.82, 2.24) is 5.32 Å². The normalized spacial score (nSPS) is 44.6. The summed E-state index contributed by atoms with van der Waals surface area (Å²) in [6, 6.07) is 0. The van der Waals surface area contributed by atoms with Gasteiger partial charge in [-0.3, -0.25) is 4.79 Å². The van der Waals surface area contributed by atoms with Gasteiger partial charge in [-0.1, -0.05) is 20.8 Å². The molecule has 1 saturated carbocycles. The highest BCUT2D eigenvalue weighted by Gasteiger charge is 2.41. The molecule has 1 saturated heterocycles. The van der Waals surface area contributed by atoms with Gasteiger partial charge in [0.25, 0.3) is 0 Å². The van der Waals surface area contributed by atoms with Crippen molar-refractivity contribution in [3.05, 3.63) is 0 Å². The summed E-state index contributed by atoms with van der Waals surface area (Å²) in [5.41, 5.74) is -0.0645. The summed E-state index contributed by atoms with van der Waals surface area (Å²) in [6.45, 7) is 8.69. The van der Waals surface area contributed by atoms with Crippen molar-refractivity contribution in [2.24, 2.45) is 23.2 Å². The Bertz CT molecular complexity index is 268. The predicted molar refractivity (Wildman–Crippen MR) is 66.3 cm³/mol. The molecule has 4 atom stereocenters. The van der Waals surface area contributed by atoms with Crippen LogP contribution in [-0.4, -0.2) is 18.9 Å². The summed E-state index contributed by atoms with van der Waals surface area (Å²) in [5, 5.41) is 3.33. The first-order valence-corrected chi connectivity index (χ1v) is 6.78. The van der Waals surface area contributed by atoms with Crippen molar-refractivity contribution in [2.45, 2.75) is 46.5 Å². The minimum atomic E-state index is -0.0645. The van der Waals surface area contributed by atoms with Crippen molar-refractivity contribution in [3.63, 3.8) is 0 Å². The Labute approximate surface area is 99.2 Å². The van der Waals surface area contributed by atoms with Gasteiger partial charge in [-0.15, -0.1) is 0 Å². The molecular weight excluding hydrogens is 198 g/mol. The number of carbonyl (C=O) groups excluding carboxylic acids is 1. The average Bonchev–Trinajstić information content (AvgIpc) is 2.70. The van der Waals surface area contributed by atoms with Crippen LogP contribution in [0.2, 0.25) is 0 Å². The van der Waals surface area contributed by atoms with E-state index in [0.717, 1.165) is 44.2 Å². The standard InChI is InChI=1S/C14H25NO/c1-10-4-5-12(8-11(10)2)13(16)14(3)6-7-15-9-14/h10-12,15H,4-9H2,1-3H3. The van der Waals surface area contributed by atoms with E-state index in [1.165, 1.54) is 6.42 Å². The van der Waals surface area contributed by atoms with Crippen LogP contribution in [0.15, 0.2) is 0 Å². The molecule has 1 N–H and O–H groups in total. The van der Waals surface area contributed by atoms with Gasteiger partial charge in [0.1, 0.15) is 5.78 Å². The fraction of sp³-hybridized carbons (Fsp3) is 0.929. The van der Waals surface area contributed by atoms with E-state index in [2.05, 4.69) is 26.1 Å². The van der Waals surface area contributed by atoms with Gasteiger partial charge in [-0.05, 0) is 44.1 Å². The van der Waals surface area contributed by atoms with Crippen LogP contribution in [0.4, 0.5) is 0 Å². The topological polar surface area (TPSA) is 29.1 Å². The molecule has 1 heterocycles. The minimum Gasteiger partial charge on any atom is -0.316 e. The van der Waals surface area contributed by atoms with E-state index in [9.17, 15) is 4.79 Å². The molecule has 0 aromatic heterocycles. The summed E-state index contributed by atoms with van der Waals surface area (Å²) in [7, 11) is 0. The molecule has 0 radical (unpaired) electrons. The third-order valence-corrected chi connectivity index (χ3v) is 4.93. The Balaban J connectivity index is 2.00. The van der Waals surface area contributed by atoms with Crippen LogP contribution in [-0.2, 0) is 4.79 Å². The molecule has 1 aliphatic carbocycles. The molecule has 0 bridgehead atoms. The average molecular weight is 223 g/mol. The zero-order chi connectivity index (χ0) is 11.8. The van der Waals surface area contributed by atoms with E-state index < -0.39 is 0 Å². The Morgan fingerprint density at radius 2 is 2.00 bits per heavy atom. The highest BCUT2D eigenvalue weighted by Crippen LogP contribution is 2.39. The van der Waals surface area contributed by atoms with Crippen LogP contribution in [0.3, 0.4) is 0 Å². The predicted octanol–water partition coefficient (Wildman–Crippen LogP) is 2.63. The van der Waals surface area contributed by atoms with Gasteiger partial charge in [0.05, 0.1) is 0 Å². The molecule has 2 rings (SSSR count). The zero-order valence-electron chi connectivity index (χ0n) is 10.9. The lowest BCUT2D eigenvalue weighted by Gasteiger charge is -2.35. The van der Waals surface area contributed by atoms with E-state index in [4.69, 9.17) is 0 Å². The second-order valence-electron chi connectivity index (χ2n) is 6.32. The van der Waals surface area contributed by atoms with Crippen molar-refractivity contribution < 1.29 is 4.79 Å². The lowest BCUT2D eigenvalue weighted by atomic mass is 9.69. The molecule has 92 valence electrons. The first-order chi connectivity index (χ1) is 7.53. The molecule has 2 aliphatic rings. The van der Waals surface area contributed by atoms with Crippen LogP contribution in [0.5, 0.6) is 0 Å². The fourth-order valence-corrected chi connectivity index (χ4v) is 3.31. The lowest BCUT2D eigenvalue weighted by molar-refractivity contribution is -0.133. The molecule has 0 spiro atoms. The number of ketones is 1. The molecule has 2 nitrogen and oxygen atoms in total. The van der Waals surface area contributed by atoms with Crippen LogP contribution >= 0.6 is 0 Å². The third-order valence-electron chi connectivity index (χ3n) is 4.93. The molecule has 0 aromatic rings. The molecule has 1 aliphatic heterocycles. The van der Waals surface area contributed by atoms with Crippen LogP contribution in [0.1, 0.15) is 46.5 Å². The first kappa shape index (κ1) is 12.1. The maximum atomic E-state index is 12.5. The summed E-state index contributed by atoms with van der Waals surface area (Å²) in [4.78, 5) is 12.5.